The van der Waals surface area contributed by atoms with E-state index in [9.17, 15) is 27.6 Å². The van der Waals surface area contributed by atoms with Crippen molar-refractivity contribution in [2.45, 2.75) is 120 Å². The van der Waals surface area contributed by atoms with Crippen LogP contribution in [0.5, 0.6) is 11.6 Å². The maximum absolute atomic E-state index is 14.6. The predicted octanol–water partition coefficient (Wildman–Crippen LogP) is 3.30. The minimum Gasteiger partial charge on any atom is -0.497 e. The largest absolute Gasteiger partial charge is 0.497 e. The Morgan fingerprint density at radius 1 is 1.07 bits per heavy atom. The van der Waals surface area contributed by atoms with E-state index in [1.165, 1.54) is 11.0 Å². The number of alkyl carbamates (subject to hydrolysis) is 1. The zero-order valence-electron chi connectivity index (χ0n) is 31.3. The third-order valence-electron chi connectivity index (χ3n) is 11.3. The van der Waals surface area contributed by atoms with E-state index in [0.717, 1.165) is 32.1 Å². The van der Waals surface area contributed by atoms with E-state index in [2.05, 4.69) is 21.9 Å². The molecule has 15 nitrogen and oxygen atoms in total. The molecule has 1 saturated heterocycles. The Kier molecular flexibility index (Phi) is 10.0. The van der Waals surface area contributed by atoms with E-state index in [1.807, 2.05) is 32.9 Å². The minimum absolute atomic E-state index is 0.0245. The van der Waals surface area contributed by atoms with Crippen LogP contribution in [0.3, 0.4) is 0 Å². The summed E-state index contributed by atoms with van der Waals surface area (Å²) in [6, 6.07) is 3.20. The number of fused-ring (bicyclic) bond motifs is 5. The average molecular weight is 767 g/mol. The maximum Gasteiger partial charge on any atom is 0.408 e. The monoisotopic (exact) mass is 766 g/mol. The molecule has 3 saturated carbocycles. The Bertz CT molecular complexity index is 1960. The lowest BCUT2D eigenvalue weighted by atomic mass is 9.85. The molecule has 2 aromatic rings. The van der Waals surface area contributed by atoms with Crippen molar-refractivity contribution < 1.29 is 41.8 Å². The number of nitrogens with zero attached hydrogens (tertiary/aromatic N) is 3. The summed E-state index contributed by atoms with van der Waals surface area (Å²) in [5.74, 6) is -1.39. The van der Waals surface area contributed by atoms with E-state index in [0.29, 0.717) is 47.6 Å². The molecule has 54 heavy (non-hydrogen) atoms. The second-order valence-corrected chi connectivity index (χ2v) is 18.4. The quantitative estimate of drug-likeness (QED) is 0.350. The van der Waals surface area contributed by atoms with Gasteiger partial charge in [-0.15, -0.1) is 6.58 Å². The molecule has 0 spiro atoms. The van der Waals surface area contributed by atoms with Gasteiger partial charge in [-0.3, -0.25) is 19.1 Å². The van der Waals surface area contributed by atoms with Crippen molar-refractivity contribution in [2.75, 3.05) is 13.7 Å². The summed E-state index contributed by atoms with van der Waals surface area (Å²) in [4.78, 5) is 66.8. The van der Waals surface area contributed by atoms with Gasteiger partial charge in [0, 0.05) is 18.4 Å². The van der Waals surface area contributed by atoms with Gasteiger partial charge in [0.1, 0.15) is 41.3 Å². The first kappa shape index (κ1) is 37.8. The second-order valence-electron chi connectivity index (χ2n) is 16.5. The first-order chi connectivity index (χ1) is 25.6. The van der Waals surface area contributed by atoms with Crippen LogP contribution in [0.2, 0.25) is 0 Å². The standard InChI is InChI=1S/C38H50N6O9S/c1-6-22-19-38(22,35(47)43-54(49,50)25-13-14-25)42-32(45)29-18-24-20-44(29)34(46)31(37(2,3)4)41-36(48)53-30-16-21(30)10-8-7-9-11-27-33(52-24)40-28-17-23(51-5)12-15-26(28)39-27/h6,12,15,17,21-22,24-25,29-31H,1,7-11,13-14,16,18-20H2,2-5H3,(H,41,48)(H,42,45)(H,43,47)/t21-,22?,24-,29+,30-,31-,38-/m1/s1. The number of methoxy groups -OCH3 is 1. The van der Waals surface area contributed by atoms with Crippen LogP contribution in [0.25, 0.3) is 11.0 Å². The molecule has 2 bridgehead atoms. The van der Waals surface area contributed by atoms with Crippen molar-refractivity contribution in [3.8, 4) is 11.6 Å². The van der Waals surface area contributed by atoms with Crippen molar-refractivity contribution >= 4 is 44.9 Å². The van der Waals surface area contributed by atoms with Crippen molar-refractivity contribution in [1.82, 2.24) is 30.2 Å². The van der Waals surface area contributed by atoms with Crippen LogP contribution in [0, 0.1) is 17.3 Å². The highest BCUT2D eigenvalue weighted by Gasteiger charge is 2.62. The Hall–Kier alpha value is -4.47. The van der Waals surface area contributed by atoms with E-state index in [-0.39, 0.29) is 31.4 Å². The molecule has 7 rings (SSSR count). The highest BCUT2D eigenvalue weighted by Crippen LogP contribution is 2.46. The molecule has 7 atom stereocenters. The third kappa shape index (κ3) is 7.85. The highest BCUT2D eigenvalue weighted by atomic mass is 32.2. The van der Waals surface area contributed by atoms with E-state index >= 15 is 0 Å². The average Bonchev–Trinajstić information content (AvgIpc) is 4.04. The topological polar surface area (TPSA) is 195 Å². The number of sulfonamides is 1. The molecular formula is C38H50N6O9S. The van der Waals surface area contributed by atoms with Gasteiger partial charge in [-0.25, -0.2) is 23.2 Å². The second kappa shape index (κ2) is 14.3. The number of carbonyl (C=O) groups is 4. The van der Waals surface area contributed by atoms with Gasteiger partial charge in [-0.1, -0.05) is 39.7 Å². The van der Waals surface area contributed by atoms with E-state index in [4.69, 9.17) is 24.2 Å². The summed E-state index contributed by atoms with van der Waals surface area (Å²) < 4.78 is 45.3. The fourth-order valence-corrected chi connectivity index (χ4v) is 9.00. The minimum atomic E-state index is -3.90. The van der Waals surface area contributed by atoms with Gasteiger partial charge < -0.3 is 29.7 Å². The van der Waals surface area contributed by atoms with Crippen LogP contribution in [0.1, 0.15) is 84.3 Å². The lowest BCUT2D eigenvalue weighted by molar-refractivity contribution is -0.142. The molecule has 3 N–H and O–H groups in total. The highest BCUT2D eigenvalue weighted by molar-refractivity contribution is 7.91. The Labute approximate surface area is 315 Å². The van der Waals surface area contributed by atoms with Crippen molar-refractivity contribution in [2.24, 2.45) is 17.3 Å². The zero-order chi connectivity index (χ0) is 38.6. The molecule has 4 fully saturated rings. The lowest BCUT2D eigenvalue weighted by Gasteiger charge is -2.35. The maximum atomic E-state index is 14.6. The van der Waals surface area contributed by atoms with Gasteiger partial charge in [0.05, 0.1) is 29.9 Å². The smallest absolute Gasteiger partial charge is 0.408 e. The number of amides is 4. The van der Waals surface area contributed by atoms with Crippen molar-refractivity contribution in [3.63, 3.8) is 0 Å². The Morgan fingerprint density at radius 3 is 2.54 bits per heavy atom. The first-order valence-electron chi connectivity index (χ1n) is 18.9. The van der Waals surface area contributed by atoms with E-state index < -0.39 is 74.1 Å². The van der Waals surface area contributed by atoms with Gasteiger partial charge in [0.25, 0.3) is 5.91 Å². The first-order valence-corrected chi connectivity index (χ1v) is 20.5. The molecule has 1 aromatic carbocycles. The molecule has 3 aliphatic carbocycles. The molecule has 1 aromatic heterocycles. The SMILES string of the molecule is C=CC1C[C@]1(NC(=O)[C@@H]1C[C@@H]2CN1C(=O)[C@H](C(C)(C)C)NC(=O)O[C@@H]1C[C@H]1CCCCCc1nc3ccc(OC)cc3nc1O2)C(=O)NS(=O)(=O)C1CC1. The molecule has 5 aliphatic rings. The van der Waals surface area contributed by atoms with Crippen LogP contribution < -0.4 is 24.8 Å². The number of hydrogen-bond donors (Lipinski definition) is 3. The molecule has 4 amide bonds. The van der Waals surface area contributed by atoms with Gasteiger partial charge in [-0.05, 0) is 68.4 Å². The van der Waals surface area contributed by atoms with Crippen molar-refractivity contribution in [3.05, 3.63) is 36.5 Å². The van der Waals surface area contributed by atoms with Gasteiger partial charge in [-0.2, -0.15) is 0 Å². The molecule has 3 heterocycles. The summed E-state index contributed by atoms with van der Waals surface area (Å²) in [5.41, 5.74) is -0.451. The number of aryl methyl sites for hydroxylation is 1. The summed E-state index contributed by atoms with van der Waals surface area (Å²) in [6.07, 6.45) is 5.93. The molecule has 16 heteroatoms. The van der Waals surface area contributed by atoms with Crippen LogP contribution in [-0.2, 0) is 35.6 Å². The van der Waals surface area contributed by atoms with Crippen LogP contribution in [0.4, 0.5) is 4.79 Å². The van der Waals surface area contributed by atoms with Crippen LogP contribution in [0.15, 0.2) is 30.9 Å². The van der Waals surface area contributed by atoms with Crippen LogP contribution >= 0.6 is 0 Å². The number of aromatic nitrogens is 2. The summed E-state index contributed by atoms with van der Waals surface area (Å²) in [7, 11) is -2.33. The number of hydrogen-bond acceptors (Lipinski definition) is 11. The predicted molar refractivity (Wildman–Crippen MR) is 197 cm³/mol. The van der Waals surface area contributed by atoms with Crippen molar-refractivity contribution in [1.29, 1.82) is 0 Å². The molecule has 2 aliphatic heterocycles. The summed E-state index contributed by atoms with van der Waals surface area (Å²) in [6.45, 7) is 9.18. The number of nitrogens with one attached hydrogen (secondary N) is 3. The van der Waals surface area contributed by atoms with Gasteiger partial charge in [0.2, 0.25) is 27.7 Å². The zero-order valence-corrected chi connectivity index (χ0v) is 32.1. The molecular weight excluding hydrogens is 717 g/mol. The van der Waals surface area contributed by atoms with Gasteiger partial charge in [0.15, 0.2) is 0 Å². The van der Waals surface area contributed by atoms with E-state index in [1.54, 1.807) is 13.2 Å². The van der Waals surface area contributed by atoms with Crippen LogP contribution in [-0.4, -0.2) is 95.8 Å². The third-order valence-corrected chi connectivity index (χ3v) is 13.1. The summed E-state index contributed by atoms with van der Waals surface area (Å²) >= 11 is 0. The molecule has 1 unspecified atom stereocenters. The fraction of sp³-hybridized carbons (Fsp3) is 0.632. The molecule has 292 valence electrons. The van der Waals surface area contributed by atoms with Gasteiger partial charge >= 0.3 is 6.09 Å². The number of carbonyl (C=O) groups excluding carboxylic acids is 4. The number of benzene rings is 1. The normalized spacial score (nSPS) is 30.3. The Balaban J connectivity index is 1.22. The fourth-order valence-electron chi connectivity index (χ4n) is 7.64. The Morgan fingerprint density at radius 2 is 1.85 bits per heavy atom. The summed E-state index contributed by atoms with van der Waals surface area (Å²) in [5, 5.41) is 4.96. The number of ether oxygens (including phenoxy) is 3. The number of rotatable bonds is 7. The molecule has 0 radical (unpaired) electrons. The lowest BCUT2D eigenvalue weighted by Crippen LogP contribution is -2.60.